The van der Waals surface area contributed by atoms with E-state index in [4.69, 9.17) is 0 Å². The maximum atomic E-state index is 12.0. The fourth-order valence-corrected chi connectivity index (χ4v) is 2.77. The lowest BCUT2D eigenvalue weighted by Crippen LogP contribution is -2.34. The topological polar surface area (TPSA) is 32.3 Å². The van der Waals surface area contributed by atoms with Crippen molar-refractivity contribution in [2.24, 2.45) is 0 Å². The molecule has 18 heavy (non-hydrogen) atoms. The van der Waals surface area contributed by atoms with Crippen molar-refractivity contribution in [2.75, 3.05) is 25.0 Å². The molecule has 4 heteroatoms. The lowest BCUT2D eigenvalue weighted by atomic mass is 10.2. The first-order chi connectivity index (χ1) is 8.75. The van der Waals surface area contributed by atoms with E-state index in [2.05, 4.69) is 32.8 Å². The molecule has 1 aromatic carbocycles. The highest BCUT2D eigenvalue weighted by Crippen LogP contribution is 2.17. The van der Waals surface area contributed by atoms with E-state index in [0.717, 1.165) is 22.3 Å². The Hall–Kier alpha value is -0.620. The van der Waals surface area contributed by atoms with Crippen molar-refractivity contribution in [3.8, 4) is 0 Å². The Balaban J connectivity index is 1.86. The van der Waals surface area contributed by atoms with Gasteiger partial charge in [-0.15, -0.1) is 0 Å². The molecule has 0 radical (unpaired) electrons. The van der Waals surface area contributed by atoms with Crippen molar-refractivity contribution in [3.63, 3.8) is 0 Å². The minimum Gasteiger partial charge on any atom is -0.324 e. The van der Waals surface area contributed by atoms with Gasteiger partial charge in [0.15, 0.2) is 0 Å². The number of benzene rings is 1. The van der Waals surface area contributed by atoms with Crippen molar-refractivity contribution in [3.05, 3.63) is 27.8 Å². The SMILES string of the molecule is O=C(CN1CCCCCC1)Nc1ccccc1I. The quantitative estimate of drug-likeness (QED) is 0.843. The molecule has 1 saturated heterocycles. The van der Waals surface area contributed by atoms with E-state index in [9.17, 15) is 4.79 Å². The first-order valence-electron chi connectivity index (χ1n) is 6.52. The summed E-state index contributed by atoms with van der Waals surface area (Å²) >= 11 is 2.24. The summed E-state index contributed by atoms with van der Waals surface area (Å²) in [5, 5.41) is 2.99. The normalized spacial score (nSPS) is 17.2. The van der Waals surface area contributed by atoms with Gasteiger partial charge in [0.05, 0.1) is 12.2 Å². The predicted octanol–water partition coefficient (Wildman–Crippen LogP) is 3.11. The monoisotopic (exact) mass is 358 g/mol. The second-order valence-electron chi connectivity index (χ2n) is 4.72. The summed E-state index contributed by atoms with van der Waals surface area (Å²) < 4.78 is 1.08. The van der Waals surface area contributed by atoms with Gasteiger partial charge in [-0.1, -0.05) is 25.0 Å². The number of anilines is 1. The minimum atomic E-state index is 0.0982. The lowest BCUT2D eigenvalue weighted by molar-refractivity contribution is -0.117. The molecule has 1 aromatic rings. The summed E-state index contributed by atoms with van der Waals surface area (Å²) in [5.41, 5.74) is 0.915. The number of hydrogen-bond donors (Lipinski definition) is 1. The van der Waals surface area contributed by atoms with E-state index in [1.807, 2.05) is 24.3 Å². The third-order valence-corrected chi connectivity index (χ3v) is 4.15. The third kappa shape index (κ3) is 4.24. The fraction of sp³-hybridized carbons (Fsp3) is 0.500. The zero-order chi connectivity index (χ0) is 12.8. The molecule has 0 aliphatic carbocycles. The maximum absolute atomic E-state index is 12.0. The number of carbonyl (C=O) groups excluding carboxylic acids is 1. The first kappa shape index (κ1) is 13.8. The molecule has 1 fully saturated rings. The number of nitrogens with zero attached hydrogens (tertiary/aromatic N) is 1. The molecule has 0 unspecified atom stereocenters. The van der Waals surface area contributed by atoms with Crippen LogP contribution in [0.15, 0.2) is 24.3 Å². The molecule has 2 rings (SSSR count). The van der Waals surface area contributed by atoms with Gasteiger partial charge in [-0.3, -0.25) is 9.69 Å². The summed E-state index contributed by atoms with van der Waals surface area (Å²) in [6, 6.07) is 7.88. The molecule has 1 amide bonds. The minimum absolute atomic E-state index is 0.0982. The molecule has 0 aromatic heterocycles. The van der Waals surface area contributed by atoms with Crippen LogP contribution in [0, 0.1) is 3.57 Å². The van der Waals surface area contributed by atoms with Crippen molar-refractivity contribution >= 4 is 34.2 Å². The molecule has 1 N–H and O–H groups in total. The third-order valence-electron chi connectivity index (χ3n) is 3.21. The van der Waals surface area contributed by atoms with Crippen molar-refractivity contribution in [2.45, 2.75) is 25.7 Å². The van der Waals surface area contributed by atoms with Gasteiger partial charge in [0, 0.05) is 3.57 Å². The molecule has 1 heterocycles. The van der Waals surface area contributed by atoms with Crippen LogP contribution in [0.4, 0.5) is 5.69 Å². The van der Waals surface area contributed by atoms with E-state index in [0.29, 0.717) is 6.54 Å². The van der Waals surface area contributed by atoms with Crippen LogP contribution >= 0.6 is 22.6 Å². The van der Waals surface area contributed by atoms with E-state index in [1.165, 1.54) is 25.7 Å². The summed E-state index contributed by atoms with van der Waals surface area (Å²) in [4.78, 5) is 14.3. The van der Waals surface area contributed by atoms with Crippen LogP contribution in [0.2, 0.25) is 0 Å². The van der Waals surface area contributed by atoms with Crippen LogP contribution in [0.25, 0.3) is 0 Å². The van der Waals surface area contributed by atoms with Gasteiger partial charge < -0.3 is 5.32 Å². The van der Waals surface area contributed by atoms with Crippen LogP contribution < -0.4 is 5.32 Å². The van der Waals surface area contributed by atoms with Crippen LogP contribution in [0.5, 0.6) is 0 Å². The molecule has 3 nitrogen and oxygen atoms in total. The largest absolute Gasteiger partial charge is 0.324 e. The number of para-hydroxylation sites is 1. The van der Waals surface area contributed by atoms with Gasteiger partial charge in [-0.2, -0.15) is 0 Å². The highest BCUT2D eigenvalue weighted by atomic mass is 127. The Kier molecular flexibility index (Phi) is 5.44. The van der Waals surface area contributed by atoms with Crippen LogP contribution in [0.3, 0.4) is 0 Å². The van der Waals surface area contributed by atoms with Crippen molar-refractivity contribution in [1.29, 1.82) is 0 Å². The number of nitrogens with one attached hydrogen (secondary N) is 1. The average molecular weight is 358 g/mol. The number of rotatable bonds is 3. The van der Waals surface area contributed by atoms with Gasteiger partial charge in [0.1, 0.15) is 0 Å². The molecule has 0 atom stereocenters. The average Bonchev–Trinajstić information content (AvgIpc) is 2.61. The highest BCUT2D eigenvalue weighted by Gasteiger charge is 2.13. The molecule has 1 aliphatic rings. The Bertz CT molecular complexity index is 401. The second-order valence-corrected chi connectivity index (χ2v) is 5.88. The fourth-order valence-electron chi connectivity index (χ4n) is 2.25. The van der Waals surface area contributed by atoms with Gasteiger partial charge >= 0.3 is 0 Å². The summed E-state index contributed by atoms with van der Waals surface area (Å²) in [6.45, 7) is 2.63. The van der Waals surface area contributed by atoms with E-state index >= 15 is 0 Å². The van der Waals surface area contributed by atoms with Gasteiger partial charge in [-0.25, -0.2) is 0 Å². The van der Waals surface area contributed by atoms with Crippen molar-refractivity contribution in [1.82, 2.24) is 4.90 Å². The molecule has 0 spiro atoms. The molecule has 98 valence electrons. The zero-order valence-electron chi connectivity index (χ0n) is 10.5. The number of halogens is 1. The van der Waals surface area contributed by atoms with Crippen LogP contribution in [-0.4, -0.2) is 30.4 Å². The molecule has 1 aliphatic heterocycles. The maximum Gasteiger partial charge on any atom is 0.238 e. The molecule has 0 saturated carbocycles. The van der Waals surface area contributed by atoms with Gasteiger partial charge in [0.25, 0.3) is 0 Å². The Morgan fingerprint density at radius 3 is 2.50 bits per heavy atom. The predicted molar refractivity (Wildman–Crippen MR) is 82.7 cm³/mol. The summed E-state index contributed by atoms with van der Waals surface area (Å²) in [7, 11) is 0. The smallest absolute Gasteiger partial charge is 0.238 e. The standard InChI is InChI=1S/C14H19IN2O/c15-12-7-3-4-8-13(12)16-14(18)11-17-9-5-1-2-6-10-17/h3-4,7-8H,1-2,5-6,9-11H2,(H,16,18). The van der Waals surface area contributed by atoms with Gasteiger partial charge in [0.2, 0.25) is 5.91 Å². The van der Waals surface area contributed by atoms with E-state index < -0.39 is 0 Å². The Morgan fingerprint density at radius 2 is 1.83 bits per heavy atom. The summed E-state index contributed by atoms with van der Waals surface area (Å²) in [5.74, 6) is 0.0982. The van der Waals surface area contributed by atoms with Gasteiger partial charge in [-0.05, 0) is 60.7 Å². The highest BCUT2D eigenvalue weighted by molar-refractivity contribution is 14.1. The number of amides is 1. The Morgan fingerprint density at radius 1 is 1.17 bits per heavy atom. The molecular formula is C14H19IN2O. The van der Waals surface area contributed by atoms with Crippen LogP contribution in [0.1, 0.15) is 25.7 Å². The number of likely N-dealkylation sites (tertiary alicyclic amines) is 1. The molecule has 0 bridgehead atoms. The summed E-state index contributed by atoms with van der Waals surface area (Å²) in [6.07, 6.45) is 5.04. The second kappa shape index (κ2) is 7.09. The number of hydrogen-bond acceptors (Lipinski definition) is 2. The molecular weight excluding hydrogens is 339 g/mol. The Labute approximate surface area is 122 Å². The van der Waals surface area contributed by atoms with E-state index in [-0.39, 0.29) is 5.91 Å². The number of carbonyl (C=O) groups is 1. The first-order valence-corrected chi connectivity index (χ1v) is 7.60. The lowest BCUT2D eigenvalue weighted by Gasteiger charge is -2.19. The zero-order valence-corrected chi connectivity index (χ0v) is 12.7. The van der Waals surface area contributed by atoms with Crippen LogP contribution in [-0.2, 0) is 4.79 Å². The van der Waals surface area contributed by atoms with Crippen molar-refractivity contribution < 1.29 is 4.79 Å². The van der Waals surface area contributed by atoms with E-state index in [1.54, 1.807) is 0 Å².